The van der Waals surface area contributed by atoms with Crippen LogP contribution in [0.3, 0.4) is 0 Å². The molecule has 1 N–H and O–H groups in total. The van der Waals surface area contributed by atoms with E-state index in [9.17, 15) is 0 Å². The maximum absolute atomic E-state index is 3.70. The molecule has 3 rings (SSSR count). The summed E-state index contributed by atoms with van der Waals surface area (Å²) >= 11 is 0. The Morgan fingerprint density at radius 1 is 1.25 bits per heavy atom. The second-order valence-corrected chi connectivity index (χ2v) is 6.94. The molecule has 20 heavy (non-hydrogen) atoms. The van der Waals surface area contributed by atoms with Gasteiger partial charge in [0.25, 0.3) is 0 Å². The average molecular weight is 272 g/mol. The van der Waals surface area contributed by atoms with Crippen LogP contribution in [0.1, 0.15) is 37.8 Å². The van der Waals surface area contributed by atoms with Crippen molar-refractivity contribution in [2.75, 3.05) is 19.6 Å². The highest BCUT2D eigenvalue weighted by molar-refractivity contribution is 5.30. The molecule has 2 aliphatic rings. The molecular formula is C18H28N2. The van der Waals surface area contributed by atoms with Gasteiger partial charge in [0.15, 0.2) is 0 Å². The molecule has 2 atom stereocenters. The molecule has 0 radical (unpaired) electrons. The van der Waals surface area contributed by atoms with E-state index in [1.807, 2.05) is 0 Å². The second-order valence-electron chi connectivity index (χ2n) is 6.94. The molecule has 2 unspecified atom stereocenters. The number of nitrogens with zero attached hydrogens (tertiary/aromatic N) is 1. The number of benzene rings is 1. The summed E-state index contributed by atoms with van der Waals surface area (Å²) in [5.74, 6) is 0.791. The summed E-state index contributed by atoms with van der Waals surface area (Å²) in [6, 6.07) is 10.5. The fourth-order valence-electron chi connectivity index (χ4n) is 3.90. The van der Waals surface area contributed by atoms with Gasteiger partial charge in [0.05, 0.1) is 0 Å². The van der Waals surface area contributed by atoms with Gasteiger partial charge in [-0.05, 0) is 42.7 Å². The summed E-state index contributed by atoms with van der Waals surface area (Å²) in [5.41, 5.74) is 3.17. The molecule has 110 valence electrons. The Morgan fingerprint density at radius 2 is 2.05 bits per heavy atom. The van der Waals surface area contributed by atoms with Gasteiger partial charge >= 0.3 is 0 Å². The Hall–Kier alpha value is -0.860. The normalized spacial score (nSPS) is 27.6. The zero-order chi connectivity index (χ0) is 13.9. The van der Waals surface area contributed by atoms with Crippen LogP contribution in [-0.4, -0.2) is 36.6 Å². The first-order chi connectivity index (χ1) is 9.72. The Balaban J connectivity index is 1.62. The molecule has 1 aliphatic heterocycles. The lowest BCUT2D eigenvalue weighted by atomic mass is 9.87. The van der Waals surface area contributed by atoms with Gasteiger partial charge < -0.3 is 5.32 Å². The number of nitrogens with one attached hydrogen (secondary N) is 1. The van der Waals surface area contributed by atoms with Crippen molar-refractivity contribution in [3.8, 4) is 0 Å². The number of hydrogen-bond donors (Lipinski definition) is 1. The highest BCUT2D eigenvalue weighted by atomic mass is 15.2. The monoisotopic (exact) mass is 272 g/mol. The summed E-state index contributed by atoms with van der Waals surface area (Å²) in [6.07, 6.45) is 5.16. The average Bonchev–Trinajstić information content (AvgIpc) is 2.46. The Kier molecular flexibility index (Phi) is 4.42. The Bertz CT molecular complexity index is 441. The first kappa shape index (κ1) is 14.1. The van der Waals surface area contributed by atoms with E-state index in [2.05, 4.69) is 48.3 Å². The molecule has 1 aliphatic carbocycles. The highest BCUT2D eigenvalue weighted by Gasteiger charge is 2.28. The Labute approximate surface area is 123 Å². The Morgan fingerprint density at radius 3 is 2.85 bits per heavy atom. The predicted octanol–water partition coefficient (Wildman–Crippen LogP) is 2.86. The third kappa shape index (κ3) is 3.24. The first-order valence-corrected chi connectivity index (χ1v) is 8.26. The van der Waals surface area contributed by atoms with Crippen LogP contribution in [-0.2, 0) is 12.8 Å². The van der Waals surface area contributed by atoms with Gasteiger partial charge in [0.1, 0.15) is 0 Å². The van der Waals surface area contributed by atoms with E-state index in [-0.39, 0.29) is 0 Å². The van der Waals surface area contributed by atoms with Crippen LogP contribution in [0.15, 0.2) is 24.3 Å². The summed E-state index contributed by atoms with van der Waals surface area (Å²) in [5, 5.41) is 3.70. The summed E-state index contributed by atoms with van der Waals surface area (Å²) in [4.78, 5) is 2.75. The fourth-order valence-corrected chi connectivity index (χ4v) is 3.90. The van der Waals surface area contributed by atoms with Crippen LogP contribution in [0.5, 0.6) is 0 Å². The van der Waals surface area contributed by atoms with E-state index in [1.54, 1.807) is 11.1 Å². The maximum atomic E-state index is 3.70. The number of aryl methyl sites for hydroxylation is 1. The van der Waals surface area contributed by atoms with Crippen molar-refractivity contribution in [2.24, 2.45) is 5.92 Å². The summed E-state index contributed by atoms with van der Waals surface area (Å²) < 4.78 is 0. The number of rotatable bonds is 3. The van der Waals surface area contributed by atoms with Crippen LogP contribution < -0.4 is 5.32 Å². The fraction of sp³-hybridized carbons (Fsp3) is 0.667. The minimum atomic E-state index is 0.695. The molecule has 0 saturated carbocycles. The van der Waals surface area contributed by atoms with E-state index in [1.165, 1.54) is 38.8 Å². The van der Waals surface area contributed by atoms with E-state index >= 15 is 0 Å². The van der Waals surface area contributed by atoms with Crippen LogP contribution in [0.2, 0.25) is 0 Å². The van der Waals surface area contributed by atoms with Crippen LogP contribution in [0.25, 0.3) is 0 Å². The van der Waals surface area contributed by atoms with Gasteiger partial charge in [0.2, 0.25) is 0 Å². The molecule has 1 heterocycles. The van der Waals surface area contributed by atoms with Crippen molar-refractivity contribution < 1.29 is 0 Å². The van der Waals surface area contributed by atoms with E-state index in [4.69, 9.17) is 0 Å². The van der Waals surface area contributed by atoms with Crippen molar-refractivity contribution >= 4 is 0 Å². The molecule has 0 bridgehead atoms. The molecular weight excluding hydrogens is 244 g/mol. The molecule has 2 heteroatoms. The molecule has 1 aromatic carbocycles. The molecule has 1 fully saturated rings. The van der Waals surface area contributed by atoms with E-state index < -0.39 is 0 Å². The van der Waals surface area contributed by atoms with Gasteiger partial charge in [-0.25, -0.2) is 0 Å². The zero-order valence-corrected chi connectivity index (χ0v) is 12.9. The number of fused-ring (bicyclic) bond motifs is 1. The van der Waals surface area contributed by atoms with Crippen molar-refractivity contribution in [1.29, 1.82) is 0 Å². The first-order valence-electron chi connectivity index (χ1n) is 8.26. The van der Waals surface area contributed by atoms with Crippen LogP contribution in [0.4, 0.5) is 0 Å². The molecule has 0 spiro atoms. The topological polar surface area (TPSA) is 15.3 Å². The van der Waals surface area contributed by atoms with Crippen LogP contribution >= 0.6 is 0 Å². The van der Waals surface area contributed by atoms with Crippen molar-refractivity contribution in [3.63, 3.8) is 0 Å². The van der Waals surface area contributed by atoms with Crippen molar-refractivity contribution in [1.82, 2.24) is 10.2 Å². The minimum Gasteiger partial charge on any atom is -0.311 e. The molecule has 1 saturated heterocycles. The summed E-state index contributed by atoms with van der Waals surface area (Å²) in [7, 11) is 0. The smallest absolute Gasteiger partial charge is 0.0198 e. The number of piperazine rings is 1. The lowest BCUT2D eigenvalue weighted by molar-refractivity contribution is 0.124. The number of hydrogen-bond acceptors (Lipinski definition) is 2. The van der Waals surface area contributed by atoms with Gasteiger partial charge in [-0.3, -0.25) is 4.90 Å². The molecule has 1 aromatic rings. The van der Waals surface area contributed by atoms with Crippen molar-refractivity contribution in [3.05, 3.63) is 35.4 Å². The van der Waals surface area contributed by atoms with Gasteiger partial charge in [-0.15, -0.1) is 0 Å². The SMILES string of the molecule is CC(C)CC1CN(C2CCc3ccccc3C2)CCN1. The second kappa shape index (κ2) is 6.28. The van der Waals surface area contributed by atoms with Gasteiger partial charge in [-0.1, -0.05) is 38.1 Å². The predicted molar refractivity (Wildman–Crippen MR) is 85.1 cm³/mol. The highest BCUT2D eigenvalue weighted by Crippen LogP contribution is 2.25. The van der Waals surface area contributed by atoms with E-state index in [0.29, 0.717) is 6.04 Å². The lowest BCUT2D eigenvalue weighted by Crippen LogP contribution is -2.55. The van der Waals surface area contributed by atoms with Gasteiger partial charge in [0, 0.05) is 31.7 Å². The van der Waals surface area contributed by atoms with Crippen molar-refractivity contribution in [2.45, 2.75) is 51.6 Å². The third-order valence-corrected chi connectivity index (χ3v) is 4.88. The van der Waals surface area contributed by atoms with Gasteiger partial charge in [-0.2, -0.15) is 0 Å². The zero-order valence-electron chi connectivity index (χ0n) is 12.9. The van der Waals surface area contributed by atoms with Crippen LogP contribution in [0, 0.1) is 5.92 Å². The third-order valence-electron chi connectivity index (χ3n) is 4.88. The summed E-state index contributed by atoms with van der Waals surface area (Å²) in [6.45, 7) is 8.29. The maximum Gasteiger partial charge on any atom is 0.0198 e. The molecule has 0 amide bonds. The van der Waals surface area contributed by atoms with E-state index in [0.717, 1.165) is 18.5 Å². The quantitative estimate of drug-likeness (QED) is 0.910. The lowest BCUT2D eigenvalue weighted by Gasteiger charge is -2.41. The standard InChI is InChI=1S/C18H28N2/c1-14(2)11-17-13-20(10-9-19-17)18-8-7-15-5-3-4-6-16(15)12-18/h3-6,14,17-19H,7-13H2,1-2H3. The minimum absolute atomic E-state index is 0.695. The largest absolute Gasteiger partial charge is 0.311 e. The molecule has 0 aromatic heterocycles. The molecule has 2 nitrogen and oxygen atoms in total.